The summed E-state index contributed by atoms with van der Waals surface area (Å²) < 4.78 is 19.1. The van der Waals surface area contributed by atoms with Crippen LogP contribution in [0, 0.1) is 12.7 Å². The van der Waals surface area contributed by atoms with Crippen LogP contribution >= 0.6 is 0 Å². The fourth-order valence-corrected chi connectivity index (χ4v) is 3.31. The molecule has 2 aromatic carbocycles. The number of halogens is 1. The SMILES string of the molecule is Cc1ccc(NC(=O)C(=O)NCC2(c3ccccc3)CCOCC2)cc1F. The number of anilines is 1. The quantitative estimate of drug-likeness (QED) is 0.813. The first-order valence-electron chi connectivity index (χ1n) is 8.99. The zero-order valence-electron chi connectivity index (χ0n) is 15.3. The van der Waals surface area contributed by atoms with Gasteiger partial charge in [-0.3, -0.25) is 9.59 Å². The zero-order chi connectivity index (χ0) is 19.3. The molecule has 0 radical (unpaired) electrons. The summed E-state index contributed by atoms with van der Waals surface area (Å²) in [6, 6.07) is 14.3. The minimum absolute atomic E-state index is 0.252. The molecule has 1 heterocycles. The molecule has 0 aromatic heterocycles. The monoisotopic (exact) mass is 370 g/mol. The van der Waals surface area contributed by atoms with Gasteiger partial charge in [0.05, 0.1) is 0 Å². The summed E-state index contributed by atoms with van der Waals surface area (Å²) in [6.07, 6.45) is 1.53. The number of nitrogens with one attached hydrogen (secondary N) is 2. The molecule has 3 rings (SSSR count). The highest BCUT2D eigenvalue weighted by atomic mass is 19.1. The molecular weight excluding hydrogens is 347 g/mol. The minimum atomic E-state index is -0.812. The lowest BCUT2D eigenvalue weighted by Gasteiger charge is -2.37. The average Bonchev–Trinajstić information content (AvgIpc) is 2.70. The number of hydrogen-bond donors (Lipinski definition) is 2. The number of rotatable bonds is 4. The van der Waals surface area contributed by atoms with Crippen LogP contribution in [0.5, 0.6) is 0 Å². The molecule has 1 saturated heterocycles. The van der Waals surface area contributed by atoms with E-state index in [-0.39, 0.29) is 11.1 Å². The van der Waals surface area contributed by atoms with Gasteiger partial charge < -0.3 is 15.4 Å². The maximum absolute atomic E-state index is 13.6. The van der Waals surface area contributed by atoms with E-state index in [1.54, 1.807) is 19.1 Å². The lowest BCUT2D eigenvalue weighted by molar-refractivity contribution is -0.136. The maximum Gasteiger partial charge on any atom is 0.313 e. The van der Waals surface area contributed by atoms with Gasteiger partial charge in [-0.25, -0.2) is 4.39 Å². The van der Waals surface area contributed by atoms with Crippen LogP contribution < -0.4 is 10.6 Å². The van der Waals surface area contributed by atoms with Gasteiger partial charge in [0.25, 0.3) is 0 Å². The number of hydrogen-bond acceptors (Lipinski definition) is 3. The Balaban J connectivity index is 1.65. The Hall–Kier alpha value is -2.73. The van der Waals surface area contributed by atoms with Gasteiger partial charge in [0.1, 0.15) is 5.82 Å². The molecule has 27 heavy (non-hydrogen) atoms. The number of ether oxygens (including phenoxy) is 1. The molecule has 1 fully saturated rings. The summed E-state index contributed by atoms with van der Waals surface area (Å²) >= 11 is 0. The molecule has 0 atom stereocenters. The normalized spacial score (nSPS) is 15.8. The van der Waals surface area contributed by atoms with Crippen LogP contribution in [-0.2, 0) is 19.7 Å². The molecule has 142 valence electrons. The fourth-order valence-electron chi connectivity index (χ4n) is 3.31. The lowest BCUT2D eigenvalue weighted by Crippen LogP contribution is -2.47. The molecule has 0 saturated carbocycles. The molecule has 1 aliphatic rings. The summed E-state index contributed by atoms with van der Waals surface area (Å²) in [5.41, 5.74) is 1.59. The van der Waals surface area contributed by atoms with Crippen molar-refractivity contribution in [3.8, 4) is 0 Å². The van der Waals surface area contributed by atoms with E-state index >= 15 is 0 Å². The van der Waals surface area contributed by atoms with E-state index < -0.39 is 17.6 Å². The first-order valence-corrected chi connectivity index (χ1v) is 8.99. The van der Waals surface area contributed by atoms with Crippen molar-refractivity contribution < 1.29 is 18.7 Å². The van der Waals surface area contributed by atoms with Crippen LogP contribution in [-0.4, -0.2) is 31.6 Å². The van der Waals surface area contributed by atoms with Crippen molar-refractivity contribution in [1.29, 1.82) is 0 Å². The topological polar surface area (TPSA) is 67.4 Å². The highest BCUT2D eigenvalue weighted by Gasteiger charge is 2.35. The second-order valence-electron chi connectivity index (χ2n) is 6.86. The Kier molecular flexibility index (Phi) is 5.86. The second-order valence-corrected chi connectivity index (χ2v) is 6.86. The van der Waals surface area contributed by atoms with Crippen molar-refractivity contribution in [2.24, 2.45) is 0 Å². The van der Waals surface area contributed by atoms with Gasteiger partial charge >= 0.3 is 11.8 Å². The van der Waals surface area contributed by atoms with Gasteiger partial charge in [-0.15, -0.1) is 0 Å². The molecule has 1 aliphatic heterocycles. The molecular formula is C21H23FN2O3. The van der Waals surface area contributed by atoms with Gasteiger partial charge in [-0.2, -0.15) is 0 Å². The molecule has 0 bridgehead atoms. The van der Waals surface area contributed by atoms with Crippen LogP contribution in [0.15, 0.2) is 48.5 Å². The van der Waals surface area contributed by atoms with Crippen LogP contribution in [0.2, 0.25) is 0 Å². The summed E-state index contributed by atoms with van der Waals surface area (Å²) in [5.74, 6) is -1.98. The van der Waals surface area contributed by atoms with E-state index in [1.165, 1.54) is 6.07 Å². The summed E-state index contributed by atoms with van der Waals surface area (Å²) in [5, 5.41) is 5.17. The Morgan fingerprint density at radius 3 is 2.44 bits per heavy atom. The second kappa shape index (κ2) is 8.31. The number of carbonyl (C=O) groups excluding carboxylic acids is 2. The molecule has 2 amide bonds. The molecule has 0 unspecified atom stereocenters. The van der Waals surface area contributed by atoms with Gasteiger partial charge in [-0.05, 0) is 43.0 Å². The molecule has 6 heteroatoms. The van der Waals surface area contributed by atoms with E-state index in [1.807, 2.05) is 30.3 Å². The Labute approximate surface area is 157 Å². The van der Waals surface area contributed by atoms with Gasteiger partial charge in [0, 0.05) is 30.9 Å². The van der Waals surface area contributed by atoms with Crippen molar-refractivity contribution in [2.75, 3.05) is 25.1 Å². The predicted octanol–water partition coefficient (Wildman–Crippen LogP) is 2.94. The number of amides is 2. The number of benzene rings is 2. The standard InChI is InChI=1S/C21H23FN2O3/c1-15-7-8-17(13-18(15)22)24-20(26)19(25)23-14-21(9-11-27-12-10-21)16-5-3-2-4-6-16/h2-8,13H,9-12,14H2,1H3,(H,23,25)(H,24,26). The van der Waals surface area contributed by atoms with Crippen LogP contribution in [0.25, 0.3) is 0 Å². The number of carbonyl (C=O) groups is 2. The average molecular weight is 370 g/mol. The highest BCUT2D eigenvalue weighted by molar-refractivity contribution is 6.39. The van der Waals surface area contributed by atoms with Crippen LogP contribution in [0.4, 0.5) is 10.1 Å². The van der Waals surface area contributed by atoms with Crippen LogP contribution in [0.1, 0.15) is 24.0 Å². The Morgan fingerprint density at radius 1 is 1.07 bits per heavy atom. The van der Waals surface area contributed by atoms with E-state index in [9.17, 15) is 14.0 Å². The molecule has 5 nitrogen and oxygen atoms in total. The summed E-state index contributed by atoms with van der Waals surface area (Å²) in [4.78, 5) is 24.4. The maximum atomic E-state index is 13.6. The number of aryl methyl sites for hydroxylation is 1. The van der Waals surface area contributed by atoms with Crippen molar-refractivity contribution >= 4 is 17.5 Å². The first kappa shape index (κ1) is 19.0. The zero-order valence-corrected chi connectivity index (χ0v) is 15.3. The summed E-state index contributed by atoms with van der Waals surface area (Å²) in [6.45, 7) is 3.19. The van der Waals surface area contributed by atoms with Gasteiger partial charge in [0.2, 0.25) is 0 Å². The highest BCUT2D eigenvalue weighted by Crippen LogP contribution is 2.34. The van der Waals surface area contributed by atoms with Gasteiger partial charge in [0.15, 0.2) is 0 Å². The Bertz CT molecular complexity index is 817. The fraction of sp³-hybridized carbons (Fsp3) is 0.333. The minimum Gasteiger partial charge on any atom is -0.381 e. The van der Waals surface area contributed by atoms with Gasteiger partial charge in [-0.1, -0.05) is 36.4 Å². The molecule has 0 aliphatic carbocycles. The van der Waals surface area contributed by atoms with E-state index in [4.69, 9.17) is 4.74 Å². The van der Waals surface area contributed by atoms with Crippen LogP contribution in [0.3, 0.4) is 0 Å². The summed E-state index contributed by atoms with van der Waals surface area (Å²) in [7, 11) is 0. The first-order chi connectivity index (χ1) is 13.0. The smallest absolute Gasteiger partial charge is 0.313 e. The third kappa shape index (κ3) is 4.52. The van der Waals surface area contributed by atoms with Crippen molar-refractivity contribution in [3.63, 3.8) is 0 Å². The molecule has 0 spiro atoms. The van der Waals surface area contributed by atoms with Crippen molar-refractivity contribution in [2.45, 2.75) is 25.2 Å². The third-order valence-corrected chi connectivity index (χ3v) is 5.06. The predicted molar refractivity (Wildman–Crippen MR) is 101 cm³/mol. The van der Waals surface area contributed by atoms with E-state index in [2.05, 4.69) is 10.6 Å². The van der Waals surface area contributed by atoms with E-state index in [0.717, 1.165) is 18.4 Å². The van der Waals surface area contributed by atoms with E-state index in [0.29, 0.717) is 25.3 Å². The largest absolute Gasteiger partial charge is 0.381 e. The van der Waals surface area contributed by atoms with Crippen molar-refractivity contribution in [1.82, 2.24) is 5.32 Å². The lowest BCUT2D eigenvalue weighted by atomic mass is 9.74. The third-order valence-electron chi connectivity index (χ3n) is 5.06. The Morgan fingerprint density at radius 2 is 1.78 bits per heavy atom. The molecule has 2 aromatic rings. The molecule has 2 N–H and O–H groups in total. The van der Waals surface area contributed by atoms with Crippen molar-refractivity contribution in [3.05, 3.63) is 65.5 Å².